The highest BCUT2D eigenvalue weighted by molar-refractivity contribution is 9.11. The third-order valence-corrected chi connectivity index (χ3v) is 6.61. The first-order valence-electron chi connectivity index (χ1n) is 5.56. The summed E-state index contributed by atoms with van der Waals surface area (Å²) in [5.74, 6) is 0. The van der Waals surface area contributed by atoms with Gasteiger partial charge in [-0.05, 0) is 36.6 Å². The molecule has 2 aromatic carbocycles. The summed E-state index contributed by atoms with van der Waals surface area (Å²) < 4.78 is 26.2. The second-order valence-corrected chi connectivity index (χ2v) is 8.10. The number of thioether (sulfide) groups is 1. The van der Waals surface area contributed by atoms with Gasteiger partial charge in [0.1, 0.15) is 0 Å². The predicted molar refractivity (Wildman–Crippen MR) is 88.3 cm³/mol. The highest BCUT2D eigenvalue weighted by atomic mass is 79.9. The van der Waals surface area contributed by atoms with Crippen molar-refractivity contribution in [1.29, 1.82) is 0 Å². The number of halogens is 2. The van der Waals surface area contributed by atoms with Gasteiger partial charge in [-0.25, -0.2) is 8.42 Å². The minimum Gasteiger partial charge on any atom is -0.200 e. The van der Waals surface area contributed by atoms with Crippen molar-refractivity contribution in [3.05, 3.63) is 53.6 Å². The summed E-state index contributed by atoms with van der Waals surface area (Å²) in [4.78, 5) is 1.02. The highest BCUT2D eigenvalue weighted by Crippen LogP contribution is 2.36. The van der Waals surface area contributed by atoms with Gasteiger partial charge in [-0.1, -0.05) is 29.8 Å². The van der Waals surface area contributed by atoms with Crippen molar-refractivity contribution in [2.75, 3.05) is 9.59 Å². The third kappa shape index (κ3) is 3.14. The first kappa shape index (κ1) is 15.7. The van der Waals surface area contributed by atoms with Crippen LogP contribution in [0.2, 0.25) is 5.02 Å². The van der Waals surface area contributed by atoms with E-state index in [1.54, 1.807) is 48.5 Å². The van der Waals surface area contributed by atoms with Crippen LogP contribution in [0.4, 0.5) is 5.69 Å². The molecule has 0 spiro atoms. The van der Waals surface area contributed by atoms with E-state index in [9.17, 15) is 8.42 Å². The normalized spacial score (nSPS) is 11.3. The van der Waals surface area contributed by atoms with Crippen LogP contribution in [0.3, 0.4) is 0 Å². The van der Waals surface area contributed by atoms with Crippen LogP contribution in [0, 0.1) is 0 Å². The van der Waals surface area contributed by atoms with Gasteiger partial charge in [0.25, 0.3) is 10.0 Å². The van der Waals surface area contributed by atoms with Crippen molar-refractivity contribution in [3.8, 4) is 0 Å². The molecule has 0 fully saturated rings. The fraction of sp³-hybridized carbons (Fsp3) is 0.0769. The molecule has 0 aliphatic carbocycles. The first-order chi connectivity index (χ1) is 9.46. The molecule has 0 radical (unpaired) electrons. The average molecular weight is 393 g/mol. The number of sulfonamides is 1. The average Bonchev–Trinajstić information content (AvgIpc) is 2.47. The fourth-order valence-corrected chi connectivity index (χ4v) is 4.41. The lowest BCUT2D eigenvalue weighted by molar-refractivity contribution is 0.598. The van der Waals surface area contributed by atoms with Crippen molar-refractivity contribution in [1.82, 2.24) is 0 Å². The van der Waals surface area contributed by atoms with Crippen molar-refractivity contribution in [2.24, 2.45) is 0 Å². The topological polar surface area (TPSA) is 37.4 Å². The smallest absolute Gasteiger partial charge is 0.200 e. The van der Waals surface area contributed by atoms with Gasteiger partial charge in [0.05, 0.1) is 26.7 Å². The first-order valence-corrected chi connectivity index (χ1v) is 9.31. The van der Waals surface area contributed by atoms with E-state index in [1.807, 2.05) is 6.26 Å². The Morgan fingerprint density at radius 2 is 1.80 bits per heavy atom. The van der Waals surface area contributed by atoms with Gasteiger partial charge in [0.15, 0.2) is 0 Å². The molecule has 3 nitrogen and oxygen atoms in total. The van der Waals surface area contributed by atoms with E-state index in [1.165, 1.54) is 11.8 Å². The Morgan fingerprint density at radius 1 is 1.15 bits per heavy atom. The van der Waals surface area contributed by atoms with Crippen molar-refractivity contribution in [3.63, 3.8) is 0 Å². The van der Waals surface area contributed by atoms with Gasteiger partial charge in [-0.15, -0.1) is 11.8 Å². The second-order valence-electron chi connectivity index (χ2n) is 3.85. The summed E-state index contributed by atoms with van der Waals surface area (Å²) >= 11 is 10.6. The van der Waals surface area contributed by atoms with Gasteiger partial charge in [-0.3, -0.25) is 0 Å². The molecule has 0 saturated heterocycles. The van der Waals surface area contributed by atoms with Crippen LogP contribution in [0.25, 0.3) is 0 Å². The molecule has 0 heterocycles. The Hall–Kier alpha value is -0.690. The van der Waals surface area contributed by atoms with Crippen molar-refractivity contribution < 1.29 is 8.42 Å². The van der Waals surface area contributed by atoms with Crippen LogP contribution >= 0.6 is 39.5 Å². The highest BCUT2D eigenvalue weighted by Gasteiger charge is 2.24. The van der Waals surface area contributed by atoms with Crippen LogP contribution in [0.5, 0.6) is 0 Å². The number of nitrogens with zero attached hydrogens (tertiary/aromatic N) is 1. The molecule has 2 aromatic rings. The van der Waals surface area contributed by atoms with Gasteiger partial charge in [0, 0.05) is 9.92 Å². The van der Waals surface area contributed by atoms with E-state index in [-0.39, 0.29) is 4.90 Å². The van der Waals surface area contributed by atoms with E-state index >= 15 is 0 Å². The van der Waals surface area contributed by atoms with Gasteiger partial charge in [-0.2, -0.15) is 3.33 Å². The Labute approximate surface area is 136 Å². The maximum absolute atomic E-state index is 12.5. The number of anilines is 1. The zero-order valence-electron chi connectivity index (χ0n) is 10.5. The molecule has 0 aliphatic heterocycles. The van der Waals surface area contributed by atoms with Crippen LogP contribution in [-0.2, 0) is 10.0 Å². The summed E-state index contributed by atoms with van der Waals surface area (Å²) in [6.07, 6.45) is 1.88. The van der Waals surface area contributed by atoms with E-state index in [0.29, 0.717) is 10.7 Å². The maximum Gasteiger partial charge on any atom is 0.273 e. The van der Waals surface area contributed by atoms with Crippen LogP contribution in [-0.4, -0.2) is 14.7 Å². The summed E-state index contributed by atoms with van der Waals surface area (Å²) in [5, 5.41) is 0.477. The Kier molecular flexibility index (Phi) is 5.01. The maximum atomic E-state index is 12.5. The van der Waals surface area contributed by atoms with E-state index < -0.39 is 10.0 Å². The minimum absolute atomic E-state index is 0.212. The molecule has 20 heavy (non-hydrogen) atoms. The van der Waals surface area contributed by atoms with E-state index in [4.69, 9.17) is 11.6 Å². The second kappa shape index (κ2) is 6.39. The number of benzene rings is 2. The molecular weight excluding hydrogens is 382 g/mol. The molecule has 106 valence electrons. The molecule has 0 amide bonds. The molecule has 0 unspecified atom stereocenters. The van der Waals surface area contributed by atoms with Crippen LogP contribution < -0.4 is 3.33 Å². The summed E-state index contributed by atoms with van der Waals surface area (Å²) in [6, 6.07) is 13.4. The fourth-order valence-electron chi connectivity index (χ4n) is 1.62. The minimum atomic E-state index is -3.66. The lowest BCUT2D eigenvalue weighted by atomic mass is 10.3. The lowest BCUT2D eigenvalue weighted by Gasteiger charge is -2.19. The monoisotopic (exact) mass is 391 g/mol. The number of hydrogen-bond acceptors (Lipinski definition) is 3. The standard InChI is InChI=1S/C13H11BrClNO2S2/c1-19-13-8-7-10(15)9-12(13)16(14)20(17,18)11-5-3-2-4-6-11/h2-9H,1H3. The zero-order valence-corrected chi connectivity index (χ0v) is 14.4. The molecular formula is C13H11BrClNO2S2. The van der Waals surface area contributed by atoms with E-state index in [2.05, 4.69) is 16.1 Å². The summed E-state index contributed by atoms with van der Waals surface area (Å²) in [5.41, 5.74) is 0.494. The molecule has 0 atom stereocenters. The molecule has 2 rings (SSSR count). The molecule has 0 N–H and O–H groups in total. The quantitative estimate of drug-likeness (QED) is 0.565. The molecule has 0 bridgehead atoms. The molecule has 7 heteroatoms. The Balaban J connectivity index is 2.51. The molecule has 0 aliphatic rings. The third-order valence-electron chi connectivity index (χ3n) is 2.58. The molecule has 0 aromatic heterocycles. The van der Waals surface area contributed by atoms with Crippen LogP contribution in [0.1, 0.15) is 0 Å². The van der Waals surface area contributed by atoms with E-state index in [0.717, 1.165) is 8.23 Å². The Morgan fingerprint density at radius 3 is 2.40 bits per heavy atom. The van der Waals surface area contributed by atoms with Gasteiger partial charge < -0.3 is 0 Å². The number of hydrogen-bond donors (Lipinski definition) is 0. The lowest BCUT2D eigenvalue weighted by Crippen LogP contribution is -2.21. The van der Waals surface area contributed by atoms with Crippen molar-refractivity contribution >= 4 is 55.2 Å². The predicted octanol–water partition coefficient (Wildman–Crippen LogP) is 4.57. The van der Waals surface area contributed by atoms with Crippen LogP contribution in [0.15, 0.2) is 58.3 Å². The largest absolute Gasteiger partial charge is 0.273 e. The number of rotatable bonds is 4. The SMILES string of the molecule is CSc1ccc(Cl)cc1N(Br)S(=O)(=O)c1ccccc1. The summed E-state index contributed by atoms with van der Waals surface area (Å²) in [7, 11) is -3.66. The van der Waals surface area contributed by atoms with Gasteiger partial charge >= 0.3 is 0 Å². The Bertz CT molecular complexity index is 708. The van der Waals surface area contributed by atoms with Crippen molar-refractivity contribution in [2.45, 2.75) is 9.79 Å². The van der Waals surface area contributed by atoms with Gasteiger partial charge in [0.2, 0.25) is 0 Å². The molecule has 0 saturated carbocycles. The zero-order chi connectivity index (χ0) is 14.8. The summed E-state index contributed by atoms with van der Waals surface area (Å²) in [6.45, 7) is 0.